The van der Waals surface area contributed by atoms with E-state index in [0.29, 0.717) is 11.5 Å². The maximum absolute atomic E-state index is 6.28. The maximum atomic E-state index is 6.28. The van der Waals surface area contributed by atoms with Gasteiger partial charge in [0, 0.05) is 35.4 Å². The summed E-state index contributed by atoms with van der Waals surface area (Å²) in [5.74, 6) is 1.09. The van der Waals surface area contributed by atoms with Crippen LogP contribution in [0.2, 0.25) is 0 Å². The van der Waals surface area contributed by atoms with Gasteiger partial charge in [-0.1, -0.05) is 24.3 Å². The first kappa shape index (κ1) is 19.0. The molecule has 0 aliphatic rings. The molecule has 8 heteroatoms. The van der Waals surface area contributed by atoms with Crippen LogP contribution in [0.4, 0.5) is 11.5 Å². The van der Waals surface area contributed by atoms with Crippen LogP contribution >= 0.6 is 11.3 Å². The molecule has 31 heavy (non-hydrogen) atoms. The van der Waals surface area contributed by atoms with Crippen LogP contribution in [-0.4, -0.2) is 24.5 Å². The van der Waals surface area contributed by atoms with Crippen molar-refractivity contribution < 1.29 is 0 Å². The number of aryl methyl sites for hydroxylation is 1. The molecule has 0 amide bonds. The van der Waals surface area contributed by atoms with Gasteiger partial charge in [-0.15, -0.1) is 11.3 Å². The van der Waals surface area contributed by atoms with Crippen LogP contribution in [0.3, 0.4) is 0 Å². The maximum Gasteiger partial charge on any atom is 0.147 e. The fourth-order valence-electron chi connectivity index (χ4n) is 3.47. The number of thiazole rings is 1. The van der Waals surface area contributed by atoms with E-state index in [9.17, 15) is 0 Å². The van der Waals surface area contributed by atoms with Crippen LogP contribution in [0, 0.1) is 6.92 Å². The van der Waals surface area contributed by atoms with E-state index >= 15 is 0 Å². The molecule has 0 bridgehead atoms. The Morgan fingerprint density at radius 2 is 1.74 bits per heavy atom. The van der Waals surface area contributed by atoms with Crippen molar-refractivity contribution in [1.82, 2.24) is 24.5 Å². The molecule has 5 aromatic rings. The lowest BCUT2D eigenvalue weighted by molar-refractivity contribution is 1.04. The predicted octanol–water partition coefficient (Wildman–Crippen LogP) is 4.59. The molecule has 0 spiro atoms. The van der Waals surface area contributed by atoms with Crippen LogP contribution in [0.15, 0.2) is 72.8 Å². The number of rotatable bonds is 4. The Morgan fingerprint density at radius 1 is 0.903 bits per heavy atom. The van der Waals surface area contributed by atoms with Gasteiger partial charge >= 0.3 is 0 Å². The van der Waals surface area contributed by atoms with Crippen LogP contribution in [-0.2, 0) is 0 Å². The lowest BCUT2D eigenvalue weighted by Gasteiger charge is -2.14. The molecule has 152 valence electrons. The molecule has 0 aliphatic heterocycles. The van der Waals surface area contributed by atoms with Crippen molar-refractivity contribution in [2.24, 2.45) is 0 Å². The summed E-state index contributed by atoms with van der Waals surface area (Å²) in [6, 6.07) is 13.9. The van der Waals surface area contributed by atoms with E-state index in [2.05, 4.69) is 15.0 Å². The summed E-state index contributed by atoms with van der Waals surface area (Å²) in [5, 5.41) is 0. The first-order valence-electron chi connectivity index (χ1n) is 9.63. The monoisotopic (exact) mass is 425 g/mol. The molecule has 0 atom stereocenters. The number of hydrogen-bond acceptors (Lipinski definition) is 7. The number of hydrogen-bond donors (Lipinski definition) is 2. The minimum absolute atomic E-state index is 0.309. The highest BCUT2D eigenvalue weighted by Gasteiger charge is 2.19. The lowest BCUT2D eigenvalue weighted by atomic mass is 9.98. The zero-order valence-corrected chi connectivity index (χ0v) is 17.5. The molecule has 7 nitrogen and oxygen atoms in total. The molecule has 5 rings (SSSR count). The van der Waals surface area contributed by atoms with E-state index in [1.165, 1.54) is 0 Å². The van der Waals surface area contributed by atoms with E-state index in [1.807, 2.05) is 72.5 Å². The van der Waals surface area contributed by atoms with Crippen molar-refractivity contribution >= 4 is 22.8 Å². The lowest BCUT2D eigenvalue weighted by Crippen LogP contribution is -2.02. The summed E-state index contributed by atoms with van der Waals surface area (Å²) in [5.41, 5.74) is 19.9. The number of nitrogen functional groups attached to an aromatic ring is 2. The van der Waals surface area contributed by atoms with Crippen LogP contribution in [0.5, 0.6) is 0 Å². The molecule has 0 saturated heterocycles. The largest absolute Gasteiger partial charge is 0.395 e. The van der Waals surface area contributed by atoms with E-state index in [0.717, 1.165) is 44.5 Å². The van der Waals surface area contributed by atoms with Gasteiger partial charge in [-0.3, -0.25) is 14.5 Å². The van der Waals surface area contributed by atoms with Gasteiger partial charge in [0.1, 0.15) is 17.3 Å². The van der Waals surface area contributed by atoms with Crippen molar-refractivity contribution in [3.05, 3.63) is 78.5 Å². The van der Waals surface area contributed by atoms with Gasteiger partial charge in [-0.2, -0.15) is 0 Å². The second-order valence-electron chi connectivity index (χ2n) is 7.05. The van der Waals surface area contributed by atoms with Gasteiger partial charge in [0.25, 0.3) is 0 Å². The summed E-state index contributed by atoms with van der Waals surface area (Å²) in [6.45, 7) is 1.97. The zero-order chi connectivity index (χ0) is 21.4. The molecular weight excluding hydrogens is 406 g/mol. The first-order valence-corrected chi connectivity index (χ1v) is 10.5. The average Bonchev–Trinajstić information content (AvgIpc) is 3.46. The van der Waals surface area contributed by atoms with Crippen molar-refractivity contribution in [2.45, 2.75) is 6.92 Å². The fourth-order valence-corrected chi connectivity index (χ4v) is 4.04. The quantitative estimate of drug-likeness (QED) is 0.436. The molecule has 4 heterocycles. The molecule has 4 N–H and O–H groups in total. The van der Waals surface area contributed by atoms with Gasteiger partial charge in [-0.05, 0) is 30.7 Å². The van der Waals surface area contributed by atoms with E-state index in [4.69, 9.17) is 16.5 Å². The summed E-state index contributed by atoms with van der Waals surface area (Å²) in [7, 11) is 0. The number of pyridine rings is 2. The van der Waals surface area contributed by atoms with E-state index in [1.54, 1.807) is 23.0 Å². The normalized spacial score (nSPS) is 11.0. The summed E-state index contributed by atoms with van der Waals surface area (Å²) in [4.78, 5) is 18.7. The number of benzene rings is 1. The zero-order valence-electron chi connectivity index (χ0n) is 16.7. The van der Waals surface area contributed by atoms with Gasteiger partial charge in [0.15, 0.2) is 0 Å². The Balaban J connectivity index is 1.76. The van der Waals surface area contributed by atoms with Crippen LogP contribution < -0.4 is 11.5 Å². The molecule has 0 radical (unpaired) electrons. The third kappa shape index (κ3) is 3.43. The number of imidazole rings is 1. The topological polar surface area (TPSA) is 109 Å². The Bertz CT molecular complexity index is 1360. The Labute approximate surface area is 183 Å². The fraction of sp³-hybridized carbons (Fsp3) is 0.0435. The smallest absolute Gasteiger partial charge is 0.147 e. The molecule has 4 aromatic heterocycles. The van der Waals surface area contributed by atoms with Gasteiger partial charge < -0.3 is 11.5 Å². The second kappa shape index (κ2) is 7.66. The average molecular weight is 426 g/mol. The Morgan fingerprint density at radius 3 is 2.48 bits per heavy atom. The molecular formula is C23H19N7S. The molecule has 0 saturated carbocycles. The highest BCUT2D eigenvalue weighted by Crippen LogP contribution is 2.38. The summed E-state index contributed by atoms with van der Waals surface area (Å²) >= 11 is 1.55. The van der Waals surface area contributed by atoms with Gasteiger partial charge in [0.2, 0.25) is 0 Å². The SMILES string of the molecule is Cc1ccc(-n2cc(-c3cncs3)nc2-c2ccccc2-c2ccnc(N)c2N)cn1. The third-order valence-corrected chi connectivity index (χ3v) is 5.84. The van der Waals surface area contributed by atoms with Crippen molar-refractivity contribution in [2.75, 3.05) is 11.5 Å². The second-order valence-corrected chi connectivity index (χ2v) is 7.93. The van der Waals surface area contributed by atoms with Crippen molar-refractivity contribution in [3.63, 3.8) is 0 Å². The minimum atomic E-state index is 0.309. The number of nitrogens with zero attached hydrogens (tertiary/aromatic N) is 5. The molecule has 0 aliphatic carbocycles. The highest BCUT2D eigenvalue weighted by atomic mass is 32.1. The number of aromatic nitrogens is 5. The van der Waals surface area contributed by atoms with Crippen LogP contribution in [0.1, 0.15) is 5.69 Å². The number of anilines is 2. The third-order valence-electron chi connectivity index (χ3n) is 5.04. The first-order chi connectivity index (χ1) is 15.1. The summed E-state index contributed by atoms with van der Waals surface area (Å²) in [6.07, 6.45) is 7.34. The van der Waals surface area contributed by atoms with Crippen molar-refractivity contribution in [3.8, 4) is 38.8 Å². The molecule has 0 unspecified atom stereocenters. The van der Waals surface area contributed by atoms with Crippen LogP contribution in [0.25, 0.3) is 38.8 Å². The standard InChI is InChI=1S/C23H19N7S/c1-14-6-7-15(10-28-14)30-12-19(20-11-26-13-31-20)29-23(30)18-5-3-2-4-16(18)17-8-9-27-22(25)21(17)24/h2-13H,24H2,1H3,(H2,25,27). The Kier molecular flexibility index (Phi) is 4.68. The minimum Gasteiger partial charge on any atom is -0.395 e. The van der Waals surface area contributed by atoms with E-state index in [-0.39, 0.29) is 0 Å². The van der Waals surface area contributed by atoms with Gasteiger partial charge in [0.05, 0.1) is 28.0 Å². The van der Waals surface area contributed by atoms with E-state index < -0.39 is 0 Å². The number of nitrogens with two attached hydrogens (primary N) is 2. The van der Waals surface area contributed by atoms with Gasteiger partial charge in [-0.25, -0.2) is 9.97 Å². The Hall–Kier alpha value is -4.04. The summed E-state index contributed by atoms with van der Waals surface area (Å²) < 4.78 is 2.04. The molecule has 0 fully saturated rings. The van der Waals surface area contributed by atoms with Crippen molar-refractivity contribution in [1.29, 1.82) is 0 Å². The molecule has 1 aromatic carbocycles. The predicted molar refractivity (Wildman–Crippen MR) is 125 cm³/mol. The highest BCUT2D eigenvalue weighted by molar-refractivity contribution is 7.13.